The summed E-state index contributed by atoms with van der Waals surface area (Å²) in [5.74, 6) is 1.19. The molecule has 6 heteroatoms. The Bertz CT molecular complexity index is 487. The lowest BCUT2D eigenvalue weighted by molar-refractivity contribution is -0.145. The molecule has 2 atom stereocenters. The molecule has 220 valence electrons. The van der Waals surface area contributed by atoms with Crippen molar-refractivity contribution in [2.45, 2.75) is 137 Å². The number of nitrogens with two attached hydrogens (primary N) is 1. The van der Waals surface area contributed by atoms with Crippen LogP contribution in [0.1, 0.15) is 137 Å². The van der Waals surface area contributed by atoms with Gasteiger partial charge in [-0.1, -0.05) is 79.1 Å². The first kappa shape index (κ1) is 35.9. The summed E-state index contributed by atoms with van der Waals surface area (Å²) in [4.78, 5) is 26.2. The van der Waals surface area contributed by atoms with Gasteiger partial charge < -0.3 is 20.1 Å². The quantitative estimate of drug-likeness (QED) is 0.0895. The number of carbonyl (C=O) groups excluding carboxylic acids is 2. The van der Waals surface area contributed by atoms with Gasteiger partial charge in [-0.25, -0.2) is 0 Å². The highest BCUT2D eigenvalue weighted by Gasteiger charge is 2.07. The number of carbonyl (C=O) groups is 2. The normalized spacial score (nSPS) is 13.0. The van der Waals surface area contributed by atoms with Gasteiger partial charge in [0.05, 0.1) is 13.2 Å². The maximum absolute atomic E-state index is 11.8. The van der Waals surface area contributed by atoms with Crippen molar-refractivity contribution in [3.8, 4) is 0 Å². The van der Waals surface area contributed by atoms with E-state index in [1.165, 1.54) is 38.5 Å². The summed E-state index contributed by atoms with van der Waals surface area (Å²) in [6.45, 7) is 14.0. The molecular weight excluding hydrogens is 464 g/mol. The maximum Gasteiger partial charge on any atom is 0.305 e. The number of hydrogen-bond acceptors (Lipinski definition) is 6. The molecule has 0 amide bonds. The first-order chi connectivity index (χ1) is 17.9. The van der Waals surface area contributed by atoms with E-state index >= 15 is 0 Å². The molecule has 0 fully saturated rings. The van der Waals surface area contributed by atoms with E-state index in [4.69, 9.17) is 15.2 Å². The summed E-state index contributed by atoms with van der Waals surface area (Å²) in [6.07, 6.45) is 17.7. The summed E-state index contributed by atoms with van der Waals surface area (Å²) < 4.78 is 10.7. The number of ether oxygens (including phenoxy) is 2. The van der Waals surface area contributed by atoms with Gasteiger partial charge in [-0.05, 0) is 83.0 Å². The molecule has 0 saturated heterocycles. The van der Waals surface area contributed by atoms with Crippen molar-refractivity contribution in [3.05, 3.63) is 0 Å². The molecule has 0 aromatic heterocycles. The van der Waals surface area contributed by atoms with E-state index < -0.39 is 0 Å². The molecule has 0 aromatic rings. The number of rotatable bonds is 27. The number of unbranched alkanes of at least 4 members (excludes halogenated alkanes) is 8. The van der Waals surface area contributed by atoms with Crippen LogP contribution in [0, 0.1) is 11.8 Å². The third kappa shape index (κ3) is 24.9. The minimum atomic E-state index is -0.0340. The third-order valence-corrected chi connectivity index (χ3v) is 7.53. The minimum Gasteiger partial charge on any atom is -0.466 e. The van der Waals surface area contributed by atoms with Crippen LogP contribution in [0.5, 0.6) is 0 Å². The average molecular weight is 527 g/mol. The fraction of sp³-hybridized carbons (Fsp3) is 0.935. The Kier molecular flexibility index (Phi) is 25.7. The first-order valence-electron chi connectivity index (χ1n) is 15.7. The molecule has 0 bridgehead atoms. The molecule has 0 rings (SSSR count). The molecule has 0 radical (unpaired) electrons. The number of hydrogen-bond donors (Lipinski definition) is 1. The van der Waals surface area contributed by atoms with Gasteiger partial charge >= 0.3 is 11.9 Å². The highest BCUT2D eigenvalue weighted by molar-refractivity contribution is 5.69. The van der Waals surface area contributed by atoms with Gasteiger partial charge in [-0.15, -0.1) is 0 Å². The zero-order chi connectivity index (χ0) is 27.6. The summed E-state index contributed by atoms with van der Waals surface area (Å²) in [6, 6.07) is 0. The van der Waals surface area contributed by atoms with E-state index in [0.717, 1.165) is 84.0 Å². The summed E-state index contributed by atoms with van der Waals surface area (Å²) in [5.41, 5.74) is 5.75. The van der Waals surface area contributed by atoms with Crippen molar-refractivity contribution in [1.29, 1.82) is 0 Å². The van der Waals surface area contributed by atoms with Crippen molar-refractivity contribution in [2.24, 2.45) is 17.6 Å². The zero-order valence-electron chi connectivity index (χ0n) is 25.1. The lowest BCUT2D eigenvalue weighted by Crippen LogP contribution is -2.28. The molecule has 2 N–H and O–H groups in total. The van der Waals surface area contributed by atoms with Crippen molar-refractivity contribution < 1.29 is 19.1 Å². The Morgan fingerprint density at radius 3 is 1.41 bits per heavy atom. The van der Waals surface area contributed by atoms with Crippen LogP contribution in [0.25, 0.3) is 0 Å². The van der Waals surface area contributed by atoms with Crippen molar-refractivity contribution in [2.75, 3.05) is 39.4 Å². The maximum atomic E-state index is 11.8. The Morgan fingerprint density at radius 2 is 1.00 bits per heavy atom. The highest BCUT2D eigenvalue weighted by Crippen LogP contribution is 2.12. The van der Waals surface area contributed by atoms with E-state index in [9.17, 15) is 9.59 Å². The van der Waals surface area contributed by atoms with Crippen LogP contribution in [0.4, 0.5) is 0 Å². The highest BCUT2D eigenvalue weighted by atomic mass is 16.5. The van der Waals surface area contributed by atoms with Crippen LogP contribution in [-0.4, -0.2) is 56.2 Å². The SMILES string of the molecule is CCC(C)CCOC(=O)CCCCCCCN(CCCN)CCCCCCCC(=O)OCCC(C)CC. The molecule has 0 aliphatic rings. The molecule has 0 saturated carbocycles. The molecule has 0 aliphatic heterocycles. The van der Waals surface area contributed by atoms with E-state index in [2.05, 4.69) is 32.6 Å². The number of nitrogens with zero attached hydrogens (tertiary/aromatic N) is 1. The smallest absolute Gasteiger partial charge is 0.305 e. The largest absolute Gasteiger partial charge is 0.466 e. The van der Waals surface area contributed by atoms with Crippen molar-refractivity contribution >= 4 is 11.9 Å². The Morgan fingerprint density at radius 1 is 0.622 bits per heavy atom. The second-order valence-corrected chi connectivity index (χ2v) is 11.1. The van der Waals surface area contributed by atoms with E-state index in [0.29, 0.717) is 37.9 Å². The summed E-state index contributed by atoms with van der Waals surface area (Å²) in [7, 11) is 0. The van der Waals surface area contributed by atoms with Crippen LogP contribution in [0.2, 0.25) is 0 Å². The Hall–Kier alpha value is -1.14. The predicted octanol–water partition coefficient (Wildman–Crippen LogP) is 7.28. The molecule has 37 heavy (non-hydrogen) atoms. The monoisotopic (exact) mass is 526 g/mol. The standard InChI is InChI=1S/C31H62N2O4/c1-5-28(3)20-26-36-30(34)18-13-9-7-11-15-23-33(25-17-22-32)24-16-12-8-10-14-19-31(35)37-27-21-29(4)6-2/h28-29H,5-27,32H2,1-4H3. The first-order valence-corrected chi connectivity index (χ1v) is 15.7. The van der Waals surface area contributed by atoms with Crippen molar-refractivity contribution in [1.82, 2.24) is 4.90 Å². The fourth-order valence-corrected chi connectivity index (χ4v) is 4.22. The lowest BCUT2D eigenvalue weighted by Gasteiger charge is -2.22. The topological polar surface area (TPSA) is 81.9 Å². The second-order valence-electron chi connectivity index (χ2n) is 11.1. The molecule has 0 spiro atoms. The van der Waals surface area contributed by atoms with Gasteiger partial charge in [-0.3, -0.25) is 9.59 Å². The van der Waals surface area contributed by atoms with Gasteiger partial charge in [0.15, 0.2) is 0 Å². The molecular formula is C31H62N2O4. The van der Waals surface area contributed by atoms with Crippen molar-refractivity contribution in [3.63, 3.8) is 0 Å². The van der Waals surface area contributed by atoms with Crippen LogP contribution in [0.3, 0.4) is 0 Å². The van der Waals surface area contributed by atoms with Gasteiger partial charge in [0.2, 0.25) is 0 Å². The minimum absolute atomic E-state index is 0.0340. The van der Waals surface area contributed by atoms with E-state index in [1.807, 2.05) is 0 Å². The molecule has 2 unspecified atom stereocenters. The van der Waals surface area contributed by atoms with Crippen LogP contribution < -0.4 is 5.73 Å². The van der Waals surface area contributed by atoms with Gasteiger partial charge in [-0.2, -0.15) is 0 Å². The number of esters is 2. The van der Waals surface area contributed by atoms with E-state index in [-0.39, 0.29) is 11.9 Å². The van der Waals surface area contributed by atoms with Crippen LogP contribution in [0.15, 0.2) is 0 Å². The van der Waals surface area contributed by atoms with Crippen LogP contribution in [-0.2, 0) is 19.1 Å². The Labute approximate surface area is 229 Å². The van der Waals surface area contributed by atoms with E-state index in [1.54, 1.807) is 0 Å². The Balaban J connectivity index is 3.73. The molecule has 0 heterocycles. The molecule has 6 nitrogen and oxygen atoms in total. The third-order valence-electron chi connectivity index (χ3n) is 7.53. The van der Waals surface area contributed by atoms with Gasteiger partial charge in [0.1, 0.15) is 0 Å². The molecule has 0 aliphatic carbocycles. The fourth-order valence-electron chi connectivity index (χ4n) is 4.22. The lowest BCUT2D eigenvalue weighted by atomic mass is 10.1. The predicted molar refractivity (Wildman–Crippen MR) is 156 cm³/mol. The second kappa shape index (κ2) is 26.5. The average Bonchev–Trinajstić information content (AvgIpc) is 2.89. The van der Waals surface area contributed by atoms with Gasteiger partial charge in [0.25, 0.3) is 0 Å². The molecule has 0 aromatic carbocycles. The summed E-state index contributed by atoms with van der Waals surface area (Å²) >= 11 is 0. The zero-order valence-corrected chi connectivity index (χ0v) is 25.1. The van der Waals surface area contributed by atoms with Crippen LogP contribution >= 0.6 is 0 Å². The van der Waals surface area contributed by atoms with Gasteiger partial charge in [0, 0.05) is 12.8 Å². The summed E-state index contributed by atoms with van der Waals surface area (Å²) in [5, 5.41) is 0.